The molecule has 1 aliphatic rings. The van der Waals surface area contributed by atoms with Crippen LogP contribution in [0.15, 0.2) is 6.07 Å². The Morgan fingerprint density at radius 3 is 2.95 bits per heavy atom. The molecule has 1 aromatic rings. The van der Waals surface area contributed by atoms with Crippen LogP contribution in [-0.4, -0.2) is 46.4 Å². The number of likely N-dealkylation sites (tertiary alicyclic amines) is 1. The van der Waals surface area contributed by atoms with E-state index in [0.29, 0.717) is 12.6 Å². The van der Waals surface area contributed by atoms with Crippen molar-refractivity contribution < 1.29 is 4.79 Å². The van der Waals surface area contributed by atoms with Crippen LogP contribution < -0.4 is 10.6 Å². The first kappa shape index (κ1) is 15.8. The van der Waals surface area contributed by atoms with Crippen molar-refractivity contribution in [3.63, 3.8) is 0 Å². The number of aryl methyl sites for hydroxylation is 2. The van der Waals surface area contributed by atoms with Gasteiger partial charge in [0, 0.05) is 32.2 Å². The second-order valence-electron chi connectivity index (χ2n) is 5.91. The van der Waals surface area contributed by atoms with E-state index < -0.39 is 0 Å². The van der Waals surface area contributed by atoms with Crippen molar-refractivity contribution in [1.82, 2.24) is 20.0 Å². The molecule has 1 aliphatic heterocycles. The number of carbonyl (C=O) groups is 1. The number of urea groups is 1. The molecule has 0 bridgehead atoms. The molecule has 2 rings (SSSR count). The average molecular weight is 293 g/mol. The van der Waals surface area contributed by atoms with Crippen molar-refractivity contribution in [2.24, 2.45) is 7.05 Å². The van der Waals surface area contributed by atoms with E-state index in [1.54, 1.807) is 4.68 Å². The molecule has 0 saturated carbocycles. The van der Waals surface area contributed by atoms with E-state index in [4.69, 9.17) is 0 Å². The number of hydrogen-bond acceptors (Lipinski definition) is 3. The van der Waals surface area contributed by atoms with Gasteiger partial charge in [-0.3, -0.25) is 10.00 Å². The fraction of sp³-hybridized carbons (Fsp3) is 0.733. The van der Waals surface area contributed by atoms with E-state index in [1.807, 2.05) is 20.0 Å². The first-order chi connectivity index (χ1) is 10.1. The van der Waals surface area contributed by atoms with Gasteiger partial charge in [0.2, 0.25) is 0 Å². The second kappa shape index (κ2) is 7.45. The molecule has 1 fully saturated rings. The number of anilines is 1. The molecule has 21 heavy (non-hydrogen) atoms. The predicted octanol–water partition coefficient (Wildman–Crippen LogP) is 2.11. The number of carbonyl (C=O) groups excluding carboxylic acids is 1. The standard InChI is InChI=1S/C15H27N5O/c1-12-11-14(19(3)18-12)17-15(21)16-8-6-10-20-9-5-4-7-13(20)2/h11,13H,4-10H2,1-3H3,(H2,16,17,21)/t13-/m0/s1. The molecule has 1 aromatic heterocycles. The van der Waals surface area contributed by atoms with Gasteiger partial charge in [-0.05, 0) is 39.7 Å². The first-order valence-corrected chi connectivity index (χ1v) is 7.86. The first-order valence-electron chi connectivity index (χ1n) is 7.86. The maximum absolute atomic E-state index is 11.8. The largest absolute Gasteiger partial charge is 0.338 e. The van der Waals surface area contributed by atoms with E-state index in [-0.39, 0.29) is 6.03 Å². The quantitative estimate of drug-likeness (QED) is 0.817. The van der Waals surface area contributed by atoms with Crippen molar-refractivity contribution in [3.05, 3.63) is 11.8 Å². The second-order valence-corrected chi connectivity index (χ2v) is 5.91. The molecule has 118 valence electrons. The maximum atomic E-state index is 11.8. The van der Waals surface area contributed by atoms with Gasteiger partial charge in [0.15, 0.2) is 0 Å². The summed E-state index contributed by atoms with van der Waals surface area (Å²) < 4.78 is 1.67. The monoisotopic (exact) mass is 293 g/mol. The highest BCUT2D eigenvalue weighted by Crippen LogP contribution is 2.16. The van der Waals surface area contributed by atoms with Crippen LogP contribution in [0.3, 0.4) is 0 Å². The van der Waals surface area contributed by atoms with Gasteiger partial charge in [-0.25, -0.2) is 4.79 Å². The van der Waals surface area contributed by atoms with E-state index in [1.165, 1.54) is 25.8 Å². The maximum Gasteiger partial charge on any atom is 0.320 e. The summed E-state index contributed by atoms with van der Waals surface area (Å²) in [5, 5.41) is 9.92. The Labute approximate surface area is 126 Å². The number of aromatic nitrogens is 2. The van der Waals surface area contributed by atoms with Gasteiger partial charge in [0.25, 0.3) is 0 Å². The lowest BCUT2D eigenvalue weighted by atomic mass is 10.0. The fourth-order valence-corrected chi connectivity index (χ4v) is 2.86. The molecule has 0 spiro atoms. The van der Waals surface area contributed by atoms with Gasteiger partial charge in [0.1, 0.15) is 5.82 Å². The third-order valence-corrected chi connectivity index (χ3v) is 4.09. The molecule has 6 heteroatoms. The highest BCUT2D eigenvalue weighted by atomic mass is 16.2. The van der Waals surface area contributed by atoms with Crippen molar-refractivity contribution in [3.8, 4) is 0 Å². The SMILES string of the molecule is Cc1cc(NC(=O)NCCCN2CCCC[C@@H]2C)n(C)n1. The molecule has 2 N–H and O–H groups in total. The molecule has 0 radical (unpaired) electrons. The molecule has 1 atom stereocenters. The minimum absolute atomic E-state index is 0.162. The average Bonchev–Trinajstić information content (AvgIpc) is 2.75. The van der Waals surface area contributed by atoms with Crippen LogP contribution in [0.25, 0.3) is 0 Å². The molecule has 2 amide bonds. The van der Waals surface area contributed by atoms with Gasteiger partial charge in [-0.2, -0.15) is 5.10 Å². The van der Waals surface area contributed by atoms with Crippen LogP contribution in [-0.2, 0) is 7.05 Å². The summed E-state index contributed by atoms with van der Waals surface area (Å²) in [4.78, 5) is 14.3. The Morgan fingerprint density at radius 2 is 2.29 bits per heavy atom. The van der Waals surface area contributed by atoms with Crippen LogP contribution in [0.4, 0.5) is 10.6 Å². The number of rotatable bonds is 5. The lowest BCUT2D eigenvalue weighted by molar-refractivity contribution is 0.159. The zero-order chi connectivity index (χ0) is 15.2. The molecule has 0 aromatic carbocycles. The fourth-order valence-electron chi connectivity index (χ4n) is 2.86. The summed E-state index contributed by atoms with van der Waals surface area (Å²) in [5.41, 5.74) is 0.895. The van der Waals surface area contributed by atoms with Crippen molar-refractivity contribution in [2.45, 2.75) is 45.6 Å². The molecule has 0 unspecified atom stereocenters. The van der Waals surface area contributed by atoms with Gasteiger partial charge < -0.3 is 10.2 Å². The summed E-state index contributed by atoms with van der Waals surface area (Å²) in [6.45, 7) is 7.16. The topological polar surface area (TPSA) is 62.2 Å². The molecular weight excluding hydrogens is 266 g/mol. The molecule has 6 nitrogen and oxygen atoms in total. The molecular formula is C15H27N5O. The van der Waals surface area contributed by atoms with E-state index in [9.17, 15) is 4.79 Å². The highest BCUT2D eigenvalue weighted by Gasteiger charge is 2.17. The van der Waals surface area contributed by atoms with Crippen molar-refractivity contribution >= 4 is 11.8 Å². The highest BCUT2D eigenvalue weighted by molar-refractivity contribution is 5.88. The van der Waals surface area contributed by atoms with Gasteiger partial charge in [-0.1, -0.05) is 6.42 Å². The summed E-state index contributed by atoms with van der Waals surface area (Å²) in [5.74, 6) is 0.717. The molecule has 2 heterocycles. The van der Waals surface area contributed by atoms with Crippen LogP contribution in [0.2, 0.25) is 0 Å². The summed E-state index contributed by atoms with van der Waals surface area (Å²) >= 11 is 0. The summed E-state index contributed by atoms with van der Waals surface area (Å²) in [6.07, 6.45) is 4.94. The minimum Gasteiger partial charge on any atom is -0.338 e. The summed E-state index contributed by atoms with van der Waals surface area (Å²) in [6, 6.07) is 2.38. The molecule has 1 saturated heterocycles. The third-order valence-electron chi connectivity index (χ3n) is 4.09. The zero-order valence-corrected chi connectivity index (χ0v) is 13.4. The van der Waals surface area contributed by atoms with E-state index >= 15 is 0 Å². The predicted molar refractivity (Wildman–Crippen MR) is 84.5 cm³/mol. The van der Waals surface area contributed by atoms with Gasteiger partial charge in [-0.15, -0.1) is 0 Å². The zero-order valence-electron chi connectivity index (χ0n) is 13.4. The minimum atomic E-state index is -0.162. The Bertz CT molecular complexity index is 471. The van der Waals surface area contributed by atoms with Crippen LogP contribution in [0, 0.1) is 6.92 Å². The Hall–Kier alpha value is -1.56. The normalized spacial score (nSPS) is 19.5. The number of nitrogens with zero attached hydrogens (tertiary/aromatic N) is 3. The van der Waals surface area contributed by atoms with Crippen LogP contribution in [0.1, 0.15) is 38.3 Å². The van der Waals surface area contributed by atoms with Crippen LogP contribution in [0.5, 0.6) is 0 Å². The van der Waals surface area contributed by atoms with E-state index in [2.05, 4.69) is 27.6 Å². The van der Waals surface area contributed by atoms with Gasteiger partial charge >= 0.3 is 6.03 Å². The lowest BCUT2D eigenvalue weighted by Crippen LogP contribution is -2.39. The third kappa shape index (κ3) is 4.74. The summed E-state index contributed by atoms with van der Waals surface area (Å²) in [7, 11) is 1.82. The smallest absolute Gasteiger partial charge is 0.320 e. The number of nitrogens with one attached hydrogen (secondary N) is 2. The van der Waals surface area contributed by atoms with Gasteiger partial charge in [0.05, 0.1) is 5.69 Å². The lowest BCUT2D eigenvalue weighted by Gasteiger charge is -2.33. The van der Waals surface area contributed by atoms with Crippen molar-refractivity contribution in [2.75, 3.05) is 25.0 Å². The Balaban J connectivity index is 1.64. The van der Waals surface area contributed by atoms with E-state index in [0.717, 1.165) is 24.5 Å². The number of hydrogen-bond donors (Lipinski definition) is 2. The Morgan fingerprint density at radius 1 is 1.48 bits per heavy atom. The number of amides is 2. The molecule has 0 aliphatic carbocycles. The Kier molecular flexibility index (Phi) is 5.61. The van der Waals surface area contributed by atoms with Crippen LogP contribution >= 0.6 is 0 Å². The van der Waals surface area contributed by atoms with Crippen molar-refractivity contribution in [1.29, 1.82) is 0 Å². The number of piperidine rings is 1.